The van der Waals surface area contributed by atoms with Gasteiger partial charge >= 0.3 is 0 Å². The molecule has 0 atom stereocenters. The molecule has 2 amide bonds. The summed E-state index contributed by atoms with van der Waals surface area (Å²) in [6, 6.07) is 6.29. The van der Waals surface area contributed by atoms with Gasteiger partial charge in [-0.05, 0) is 48.4 Å². The molecule has 1 N–H and O–H groups in total. The fourth-order valence-corrected chi connectivity index (χ4v) is 4.99. The predicted octanol–water partition coefficient (Wildman–Crippen LogP) is 4.24. The maximum atomic E-state index is 13.7. The molecule has 0 spiro atoms. The van der Waals surface area contributed by atoms with Gasteiger partial charge in [0, 0.05) is 48.5 Å². The van der Waals surface area contributed by atoms with Crippen LogP contribution in [0.2, 0.25) is 0 Å². The number of rotatable bonds is 6. The number of thioether (sulfide) groups is 1. The summed E-state index contributed by atoms with van der Waals surface area (Å²) >= 11 is 3.00. The number of aromatic nitrogens is 2. The Morgan fingerprint density at radius 1 is 1.33 bits per heavy atom. The Morgan fingerprint density at radius 2 is 2.15 bits per heavy atom. The van der Waals surface area contributed by atoms with Gasteiger partial charge in [0.05, 0.1) is 0 Å². The van der Waals surface area contributed by atoms with Gasteiger partial charge in [0.15, 0.2) is 0 Å². The minimum Gasteiger partial charge on any atom is -0.348 e. The molecule has 0 bridgehead atoms. The number of amides is 2. The summed E-state index contributed by atoms with van der Waals surface area (Å²) in [4.78, 5) is 35.8. The normalized spacial score (nSPS) is 13.2. The summed E-state index contributed by atoms with van der Waals surface area (Å²) in [5.41, 5.74) is 4.74. The molecule has 33 heavy (non-hydrogen) atoms. The minimum atomic E-state index is -0.375. The van der Waals surface area contributed by atoms with Crippen LogP contribution in [0.25, 0.3) is 6.08 Å². The Labute approximate surface area is 200 Å². The second-order valence-corrected chi connectivity index (χ2v) is 9.49. The van der Waals surface area contributed by atoms with Crippen molar-refractivity contribution in [1.82, 2.24) is 20.2 Å². The van der Waals surface area contributed by atoms with Crippen LogP contribution in [0.5, 0.6) is 0 Å². The first-order valence-corrected chi connectivity index (χ1v) is 12.5. The number of carbonyl (C=O) groups excluding carboxylic acids is 2. The van der Waals surface area contributed by atoms with Crippen molar-refractivity contribution < 1.29 is 14.0 Å². The molecule has 0 fully saturated rings. The number of thiazole rings is 1. The molecule has 0 radical (unpaired) electrons. The highest BCUT2D eigenvalue weighted by Crippen LogP contribution is 2.26. The zero-order valence-electron chi connectivity index (χ0n) is 18.3. The van der Waals surface area contributed by atoms with E-state index in [4.69, 9.17) is 0 Å². The topological polar surface area (TPSA) is 75.2 Å². The lowest BCUT2D eigenvalue weighted by atomic mass is 9.94. The van der Waals surface area contributed by atoms with Crippen molar-refractivity contribution in [2.24, 2.45) is 0 Å². The average Bonchev–Trinajstić information content (AvgIpc) is 3.31. The van der Waals surface area contributed by atoms with Crippen molar-refractivity contribution >= 4 is 41.0 Å². The monoisotopic (exact) mass is 482 g/mol. The number of nitrogens with zero attached hydrogens (tertiary/aromatic N) is 3. The zero-order chi connectivity index (χ0) is 23.4. The molecule has 4 rings (SSSR count). The number of carbonyl (C=O) groups is 2. The second-order valence-electron chi connectivity index (χ2n) is 7.58. The second kappa shape index (κ2) is 10.3. The molecule has 3 heterocycles. The van der Waals surface area contributed by atoms with Crippen LogP contribution in [0.3, 0.4) is 0 Å². The van der Waals surface area contributed by atoms with Crippen molar-refractivity contribution in [3.8, 4) is 0 Å². The van der Waals surface area contributed by atoms with Gasteiger partial charge in [0.25, 0.3) is 5.91 Å². The van der Waals surface area contributed by atoms with E-state index >= 15 is 0 Å². The molecule has 0 saturated heterocycles. The number of nitrogens with one attached hydrogen (secondary N) is 1. The van der Waals surface area contributed by atoms with Crippen LogP contribution in [0.4, 0.5) is 4.39 Å². The summed E-state index contributed by atoms with van der Waals surface area (Å²) in [5.74, 6) is -0.762. The zero-order valence-corrected chi connectivity index (χ0v) is 19.9. The third-order valence-electron chi connectivity index (χ3n) is 5.52. The molecular formula is C24H23FN4O2S2. The molecule has 9 heteroatoms. The van der Waals surface area contributed by atoms with Gasteiger partial charge in [-0.15, -0.1) is 11.3 Å². The third-order valence-corrected chi connectivity index (χ3v) is 7.38. The average molecular weight is 483 g/mol. The van der Waals surface area contributed by atoms with Crippen LogP contribution in [0.15, 0.2) is 46.3 Å². The molecule has 0 saturated carbocycles. The summed E-state index contributed by atoms with van der Waals surface area (Å²) in [6.45, 7) is 3.27. The molecule has 1 aromatic carbocycles. The van der Waals surface area contributed by atoms with Gasteiger partial charge < -0.3 is 10.2 Å². The smallest absolute Gasteiger partial charge is 0.273 e. The van der Waals surface area contributed by atoms with Crippen LogP contribution >= 0.6 is 23.1 Å². The number of hydrogen-bond donors (Lipinski definition) is 1. The van der Waals surface area contributed by atoms with Crippen LogP contribution in [0, 0.1) is 12.7 Å². The molecule has 0 aliphatic carbocycles. The van der Waals surface area contributed by atoms with E-state index in [1.807, 2.05) is 19.4 Å². The van der Waals surface area contributed by atoms with Gasteiger partial charge in [0.1, 0.15) is 15.9 Å². The summed E-state index contributed by atoms with van der Waals surface area (Å²) in [6.07, 6.45) is 7.21. The SMILES string of the molecule is CSc1nc(C(=O)N2CCc3c(cnc(C)c3CNC(=O)C=Cc3ccccc3F)C2)cs1. The molecule has 6 nitrogen and oxygen atoms in total. The Kier molecular flexibility index (Phi) is 7.20. The quantitative estimate of drug-likeness (QED) is 0.420. The molecule has 170 valence electrons. The maximum absolute atomic E-state index is 13.7. The molecule has 0 unspecified atom stereocenters. The molecular weight excluding hydrogens is 459 g/mol. The van der Waals surface area contributed by atoms with Crippen LogP contribution < -0.4 is 5.32 Å². The largest absolute Gasteiger partial charge is 0.348 e. The van der Waals surface area contributed by atoms with E-state index in [-0.39, 0.29) is 17.6 Å². The van der Waals surface area contributed by atoms with Gasteiger partial charge in [-0.25, -0.2) is 9.37 Å². The van der Waals surface area contributed by atoms with E-state index in [1.54, 1.807) is 28.5 Å². The molecule has 1 aliphatic rings. The van der Waals surface area contributed by atoms with E-state index in [9.17, 15) is 14.0 Å². The van der Waals surface area contributed by atoms with E-state index in [1.165, 1.54) is 41.3 Å². The predicted molar refractivity (Wildman–Crippen MR) is 129 cm³/mol. The van der Waals surface area contributed by atoms with Gasteiger partial charge in [-0.3, -0.25) is 14.6 Å². The van der Waals surface area contributed by atoms with Crippen molar-refractivity contribution in [1.29, 1.82) is 0 Å². The third kappa shape index (κ3) is 5.31. The number of halogens is 1. The first-order valence-electron chi connectivity index (χ1n) is 10.4. The van der Waals surface area contributed by atoms with Gasteiger partial charge in [-0.1, -0.05) is 30.0 Å². The van der Waals surface area contributed by atoms with Crippen LogP contribution in [-0.2, 0) is 24.3 Å². The molecule has 2 aromatic heterocycles. The Morgan fingerprint density at radius 3 is 2.91 bits per heavy atom. The number of aryl methyl sites for hydroxylation is 1. The molecule has 1 aliphatic heterocycles. The fourth-order valence-electron chi connectivity index (χ4n) is 3.75. The van der Waals surface area contributed by atoms with E-state index in [0.717, 1.165) is 26.7 Å². The van der Waals surface area contributed by atoms with Crippen molar-refractivity contribution in [3.63, 3.8) is 0 Å². The van der Waals surface area contributed by atoms with E-state index < -0.39 is 0 Å². The highest BCUT2D eigenvalue weighted by molar-refractivity contribution is 8.00. The number of pyridine rings is 1. The lowest BCUT2D eigenvalue weighted by molar-refractivity contribution is -0.116. The standard InChI is InChI=1S/C24H23FN4O2S2/c1-15-19(12-27-22(30)8-7-16-5-3-4-6-20(16)25)18-9-10-29(13-17(18)11-26-15)23(31)21-14-33-24(28-21)32-2/h3-8,11,14H,9-10,12-13H2,1-2H3,(H,27,30). The Bertz CT molecular complexity index is 1220. The van der Waals surface area contributed by atoms with Crippen molar-refractivity contribution in [3.05, 3.63) is 81.4 Å². The van der Waals surface area contributed by atoms with E-state index in [2.05, 4.69) is 15.3 Å². The number of fused-ring (bicyclic) bond motifs is 1. The molecule has 3 aromatic rings. The lowest BCUT2D eigenvalue weighted by Gasteiger charge is -2.30. The summed E-state index contributed by atoms with van der Waals surface area (Å²) in [7, 11) is 0. The number of hydrogen-bond acceptors (Lipinski definition) is 6. The van der Waals surface area contributed by atoms with Crippen LogP contribution in [0.1, 0.15) is 38.4 Å². The minimum absolute atomic E-state index is 0.0779. The first-order chi connectivity index (χ1) is 16.0. The van der Waals surface area contributed by atoms with Crippen molar-refractivity contribution in [2.75, 3.05) is 12.8 Å². The number of benzene rings is 1. The maximum Gasteiger partial charge on any atom is 0.273 e. The fraction of sp³-hybridized carbons (Fsp3) is 0.250. The highest BCUT2D eigenvalue weighted by atomic mass is 32.2. The Balaban J connectivity index is 1.44. The van der Waals surface area contributed by atoms with E-state index in [0.29, 0.717) is 37.3 Å². The summed E-state index contributed by atoms with van der Waals surface area (Å²) in [5, 5.41) is 4.67. The van der Waals surface area contributed by atoms with Gasteiger partial charge in [-0.2, -0.15) is 0 Å². The first kappa shape index (κ1) is 23.1. The van der Waals surface area contributed by atoms with Crippen molar-refractivity contribution in [2.45, 2.75) is 30.8 Å². The lowest BCUT2D eigenvalue weighted by Crippen LogP contribution is -2.37. The Hall–Kier alpha value is -3.04. The van der Waals surface area contributed by atoms with Crippen LogP contribution in [-0.4, -0.2) is 39.5 Å². The summed E-state index contributed by atoms with van der Waals surface area (Å²) < 4.78 is 14.6. The van der Waals surface area contributed by atoms with Gasteiger partial charge in [0.2, 0.25) is 5.91 Å². The highest BCUT2D eigenvalue weighted by Gasteiger charge is 2.26.